The van der Waals surface area contributed by atoms with Crippen LogP contribution in [0, 0.1) is 18.8 Å². The molecule has 0 spiro atoms. The van der Waals surface area contributed by atoms with Crippen LogP contribution >= 0.6 is 11.8 Å². The van der Waals surface area contributed by atoms with E-state index < -0.39 is 151 Å². The van der Waals surface area contributed by atoms with Crippen LogP contribution in [0.5, 0.6) is 0 Å². The topological polar surface area (TPSA) is 339 Å². The molecule has 3 fully saturated rings. The monoisotopic (exact) mass is 930 g/mol. The number of epoxide rings is 1. The van der Waals surface area contributed by atoms with Gasteiger partial charge in [-0.3, -0.25) is 43.7 Å². The van der Waals surface area contributed by atoms with Gasteiger partial charge in [-0.25, -0.2) is 0 Å². The van der Waals surface area contributed by atoms with Crippen molar-refractivity contribution in [2.24, 2.45) is 17.6 Å². The fourth-order valence-electron chi connectivity index (χ4n) is 8.02. The van der Waals surface area contributed by atoms with Gasteiger partial charge in [0, 0.05) is 28.1 Å². The van der Waals surface area contributed by atoms with Crippen molar-refractivity contribution in [2.45, 2.75) is 125 Å². The zero-order chi connectivity index (χ0) is 47.9. The van der Waals surface area contributed by atoms with Gasteiger partial charge in [0.15, 0.2) is 0 Å². The summed E-state index contributed by atoms with van der Waals surface area (Å²) in [7, 11) is 0. The number of aryl methyl sites for hydroxylation is 1. The summed E-state index contributed by atoms with van der Waals surface area (Å²) in [6.07, 6.45) is -4.48. The number of aliphatic hydroxyl groups excluding tert-OH is 3. The zero-order valence-corrected chi connectivity index (χ0v) is 38.1. The van der Waals surface area contributed by atoms with Gasteiger partial charge in [-0.2, -0.15) is 0 Å². The number of ether oxygens (including phenoxy) is 1. The average Bonchev–Trinajstić information content (AvgIpc) is 3.82. The van der Waals surface area contributed by atoms with Gasteiger partial charge in [0.2, 0.25) is 47.3 Å². The quantitative estimate of drug-likeness (QED) is 0.0822. The number of primary amides is 1. The third-order valence-corrected chi connectivity index (χ3v) is 13.5. The highest BCUT2D eigenvalue weighted by Gasteiger charge is 2.54. The number of carbonyl (C=O) groups is 8. The predicted octanol–water partition coefficient (Wildman–Crippen LogP) is -3.28. The van der Waals surface area contributed by atoms with E-state index in [0.717, 1.165) is 16.5 Å². The molecule has 5 rings (SSSR count). The Balaban J connectivity index is 1.49. The van der Waals surface area contributed by atoms with Crippen LogP contribution in [0.4, 0.5) is 0 Å². The van der Waals surface area contributed by atoms with Crippen molar-refractivity contribution in [2.75, 3.05) is 32.8 Å². The molecule has 3 aliphatic heterocycles. The molecule has 1 aromatic heterocycles. The van der Waals surface area contributed by atoms with Crippen molar-refractivity contribution < 1.29 is 58.4 Å². The van der Waals surface area contributed by atoms with E-state index >= 15 is 0 Å². The molecule has 22 nitrogen and oxygen atoms in total. The molecule has 3 saturated heterocycles. The van der Waals surface area contributed by atoms with Gasteiger partial charge in [-0.1, -0.05) is 57.2 Å². The van der Waals surface area contributed by atoms with E-state index in [1.165, 1.54) is 23.6 Å². The summed E-state index contributed by atoms with van der Waals surface area (Å²) in [5, 5.41) is 50.9. The number of rotatable bonds is 10. The molecule has 2 aromatic rings. The number of carbonyl (C=O) groups excluding carboxylic acids is 8. The molecule has 0 bridgehead atoms. The van der Waals surface area contributed by atoms with Gasteiger partial charge >= 0.3 is 0 Å². The summed E-state index contributed by atoms with van der Waals surface area (Å²) in [6, 6.07) is 1.25. The van der Waals surface area contributed by atoms with E-state index in [1.807, 2.05) is 31.2 Å². The summed E-state index contributed by atoms with van der Waals surface area (Å²) < 4.78 is 4.68. The second-order valence-electron chi connectivity index (χ2n) is 17.4. The number of fused-ring (bicyclic) bond motifs is 4. The molecule has 11 atom stereocenters. The van der Waals surface area contributed by atoms with E-state index in [1.54, 1.807) is 27.7 Å². The predicted molar refractivity (Wildman–Crippen MR) is 235 cm³/mol. The van der Waals surface area contributed by atoms with Crippen molar-refractivity contribution in [3.63, 3.8) is 0 Å². The molecule has 1 aromatic carbocycles. The van der Waals surface area contributed by atoms with Crippen molar-refractivity contribution in [3.05, 3.63) is 29.8 Å². The van der Waals surface area contributed by atoms with E-state index in [4.69, 9.17) is 10.5 Å². The largest absolute Gasteiger partial charge is 0.394 e. The number of aromatic amines is 1. The molecule has 3 aliphatic rings. The van der Waals surface area contributed by atoms with Gasteiger partial charge < -0.3 is 67.6 Å². The lowest BCUT2D eigenvalue weighted by Crippen LogP contribution is -2.62. The van der Waals surface area contributed by atoms with Gasteiger partial charge in [0.25, 0.3) is 0 Å². The first-order valence-electron chi connectivity index (χ1n) is 21.6. The summed E-state index contributed by atoms with van der Waals surface area (Å²) in [5.41, 5.74) is 7.32. The first-order chi connectivity index (χ1) is 30.6. The van der Waals surface area contributed by atoms with Crippen LogP contribution in [0.1, 0.15) is 59.4 Å². The van der Waals surface area contributed by atoms with Crippen molar-refractivity contribution in [1.29, 1.82) is 0 Å². The van der Waals surface area contributed by atoms with Gasteiger partial charge in [0.1, 0.15) is 30.5 Å². The highest BCUT2D eigenvalue weighted by atomic mass is 32.2. The fraction of sp³-hybridized carbons (Fsp3) is 0.619. The number of aliphatic hydroxyl groups is 3. The molecule has 358 valence electrons. The van der Waals surface area contributed by atoms with Crippen LogP contribution in [-0.4, -0.2) is 165 Å². The number of hydrogen-bond acceptors (Lipinski definition) is 14. The minimum atomic E-state index is -1.59. The average molecular weight is 931 g/mol. The number of para-hydroxylation sites is 1. The highest BCUT2D eigenvalue weighted by molar-refractivity contribution is 8.00. The van der Waals surface area contributed by atoms with Crippen LogP contribution in [0.2, 0.25) is 0 Å². The number of hydrogen-bond donors (Lipinski definition) is 12. The lowest BCUT2D eigenvalue weighted by molar-refractivity contribution is -0.140. The first-order valence-corrected chi connectivity index (χ1v) is 22.4. The Morgan fingerprint density at radius 2 is 1.55 bits per heavy atom. The molecular formula is C42H62N10O12S. The van der Waals surface area contributed by atoms with Gasteiger partial charge in [0.05, 0.1) is 62.0 Å². The third kappa shape index (κ3) is 12.7. The van der Waals surface area contributed by atoms with Crippen molar-refractivity contribution >= 4 is 69.9 Å². The molecule has 0 aliphatic carbocycles. The summed E-state index contributed by atoms with van der Waals surface area (Å²) in [4.78, 5) is 113. The van der Waals surface area contributed by atoms with Crippen LogP contribution < -0.4 is 43.0 Å². The molecule has 65 heavy (non-hydrogen) atoms. The van der Waals surface area contributed by atoms with Crippen LogP contribution in [0.3, 0.4) is 0 Å². The highest BCUT2D eigenvalue weighted by Crippen LogP contribution is 2.39. The van der Waals surface area contributed by atoms with Crippen molar-refractivity contribution in [3.8, 4) is 0 Å². The number of thioether (sulfide) groups is 1. The van der Waals surface area contributed by atoms with E-state index in [0.29, 0.717) is 11.4 Å². The summed E-state index contributed by atoms with van der Waals surface area (Å²) in [6.45, 7) is 7.49. The maximum atomic E-state index is 14.6. The minimum absolute atomic E-state index is 0.00106. The number of H-pyrrole nitrogens is 1. The second kappa shape index (κ2) is 21.8. The van der Waals surface area contributed by atoms with Crippen LogP contribution in [0.25, 0.3) is 10.9 Å². The normalized spacial score (nSPS) is 28.4. The Morgan fingerprint density at radius 1 is 0.923 bits per heavy atom. The lowest BCUT2D eigenvalue weighted by Gasteiger charge is -2.35. The Kier molecular flexibility index (Phi) is 17.0. The van der Waals surface area contributed by atoms with Gasteiger partial charge in [-0.15, -0.1) is 0 Å². The standard InChI is InChI=1S/C42H62N10O12S/c1-7-19(2)32-36(60)46-16-31(59)50-35(42(5,6)65-40-20(3)23-10-8-9-11-24(23)48-40)38(62)47-25(13-28(43)56)41(63)52-17-22(54)12-26(52)34-39(64-34)51-33(21(4)27(55)18-53)37(61)45-14-29(57)44-15-30(58)49-32/h8-11,19,21-22,25-27,32-35,39,48,51,53-55H,7,12-18H2,1-6H3,(H2,43,56)(H,44,57)(H,45,61)(H,46,60)(H,47,62)(H,49,58)(H,50,59)/t19-,21-,22+,25-,26-,27-,32-,33-,34?,35+,39-/m0/s1. The Bertz CT molecular complexity index is 2120. The fourth-order valence-corrected chi connectivity index (χ4v) is 9.25. The maximum Gasteiger partial charge on any atom is 0.246 e. The summed E-state index contributed by atoms with van der Waals surface area (Å²) in [5.74, 6) is -7.85. The number of nitrogens with two attached hydrogens (primary N) is 1. The minimum Gasteiger partial charge on any atom is -0.394 e. The van der Waals surface area contributed by atoms with E-state index in [9.17, 15) is 53.7 Å². The van der Waals surface area contributed by atoms with Crippen molar-refractivity contribution in [1.82, 2.24) is 47.1 Å². The van der Waals surface area contributed by atoms with Crippen LogP contribution in [0.15, 0.2) is 29.3 Å². The number of nitrogens with zero attached hydrogens (tertiary/aromatic N) is 1. The number of amides is 8. The molecule has 8 amide bonds. The summed E-state index contributed by atoms with van der Waals surface area (Å²) >= 11 is 1.23. The van der Waals surface area contributed by atoms with E-state index in [2.05, 4.69) is 42.2 Å². The zero-order valence-electron chi connectivity index (χ0n) is 37.3. The maximum absolute atomic E-state index is 14.6. The molecule has 1 unspecified atom stereocenters. The Morgan fingerprint density at radius 3 is 2.20 bits per heavy atom. The van der Waals surface area contributed by atoms with Gasteiger partial charge in [-0.05, 0) is 44.7 Å². The number of nitrogens with one attached hydrogen (secondary N) is 8. The molecular weight excluding hydrogens is 869 g/mol. The van der Waals surface area contributed by atoms with E-state index in [-0.39, 0.29) is 13.0 Å². The lowest BCUT2D eigenvalue weighted by atomic mass is 9.94. The second-order valence-corrected chi connectivity index (χ2v) is 19.1. The molecule has 0 saturated carbocycles. The molecule has 23 heteroatoms. The SMILES string of the molecule is CC[C@H](C)[C@@H]1NC(=O)CNC(=O)CNC(=O)[C@H]([C@@H](C)[C@@H](O)CO)N[C@H]2OC2[C@@H]2C[C@@H](O)CN2C(=O)[C@H](CC(N)=O)NC(=O)[C@H](C(C)(C)Sc2[nH]c3ccccc3c2C)NC(=O)CNC1=O. The smallest absolute Gasteiger partial charge is 0.246 e. The number of aromatic nitrogens is 1. The molecule has 13 N–H and O–H groups in total. The first kappa shape index (κ1) is 50.7. The Hall–Kier alpha value is -5.33. The number of benzene rings is 1. The molecule has 4 heterocycles. The Labute approximate surface area is 380 Å². The van der Waals surface area contributed by atoms with Crippen LogP contribution in [-0.2, 0) is 43.1 Å². The third-order valence-electron chi connectivity index (χ3n) is 12.1. The molecule has 0 radical (unpaired) electrons.